The Balaban J connectivity index is 1.25. The van der Waals surface area contributed by atoms with Crippen LogP contribution >= 0.6 is 0 Å². The Labute approximate surface area is 212 Å². The number of aryl methyl sites for hydroxylation is 1. The summed E-state index contributed by atoms with van der Waals surface area (Å²) in [5, 5.41) is 12.2. The number of aromatic carboxylic acids is 1. The number of nitrogens with two attached hydrogens (primary N) is 1. The van der Waals surface area contributed by atoms with Gasteiger partial charge in [-0.15, -0.1) is 0 Å². The van der Waals surface area contributed by atoms with Crippen LogP contribution in [0, 0.1) is 23.2 Å². The van der Waals surface area contributed by atoms with Crippen molar-refractivity contribution in [1.82, 2.24) is 9.97 Å². The van der Waals surface area contributed by atoms with Crippen LogP contribution in [0.3, 0.4) is 0 Å². The number of rotatable bonds is 7. The van der Waals surface area contributed by atoms with E-state index in [1.165, 1.54) is 76.0 Å². The van der Waals surface area contributed by atoms with Crippen LogP contribution in [0.4, 0.5) is 11.4 Å². The molecular weight excluding hydrogens is 452 g/mol. The summed E-state index contributed by atoms with van der Waals surface area (Å²) in [5.41, 5.74) is 8.61. The number of aromatic nitrogens is 2. The number of H-pyrrole nitrogens is 1. The summed E-state index contributed by atoms with van der Waals surface area (Å²) in [5.74, 6) is 2.66. The average molecular weight is 491 g/mol. The lowest BCUT2D eigenvalue weighted by Gasteiger charge is -2.57. The number of aromatic amines is 1. The molecule has 5 N–H and O–H groups in total. The van der Waals surface area contributed by atoms with E-state index >= 15 is 0 Å². The number of benzene rings is 1. The SMILES string of the molecule is Nc1ccc(C(=O)O)cc1NC(=O)c1nc(C2CCCCC2)[nH]c1CCC12CC3CC(CC(C3)C1)C2. The van der Waals surface area contributed by atoms with Crippen LogP contribution in [-0.4, -0.2) is 27.0 Å². The molecule has 5 fully saturated rings. The summed E-state index contributed by atoms with van der Waals surface area (Å²) < 4.78 is 0. The smallest absolute Gasteiger partial charge is 0.335 e. The van der Waals surface area contributed by atoms with E-state index in [-0.39, 0.29) is 11.5 Å². The molecule has 2 aromatic rings. The quantitative estimate of drug-likeness (QED) is 0.347. The maximum Gasteiger partial charge on any atom is 0.335 e. The van der Waals surface area contributed by atoms with Crippen molar-refractivity contribution >= 4 is 23.3 Å². The molecule has 0 atom stereocenters. The van der Waals surface area contributed by atoms with Crippen molar-refractivity contribution in [2.45, 2.75) is 89.4 Å². The lowest BCUT2D eigenvalue weighted by atomic mass is 9.48. The predicted octanol–water partition coefficient (Wildman–Crippen LogP) is 6.14. The van der Waals surface area contributed by atoms with E-state index in [0.29, 0.717) is 28.4 Å². The molecule has 7 nitrogen and oxygen atoms in total. The van der Waals surface area contributed by atoms with Gasteiger partial charge in [-0.3, -0.25) is 4.79 Å². The molecular formula is C29H38N4O3. The monoisotopic (exact) mass is 490 g/mol. The van der Waals surface area contributed by atoms with Crippen molar-refractivity contribution in [3.63, 3.8) is 0 Å². The molecule has 192 valence electrons. The molecule has 7 heteroatoms. The number of anilines is 2. The molecule has 7 rings (SSSR count). The number of amides is 1. The van der Waals surface area contributed by atoms with Gasteiger partial charge in [-0.05, 0) is 106 Å². The largest absolute Gasteiger partial charge is 0.478 e. The number of carboxylic acid groups (broad SMARTS) is 1. The van der Waals surface area contributed by atoms with Crippen molar-refractivity contribution in [3.05, 3.63) is 41.0 Å². The summed E-state index contributed by atoms with van der Waals surface area (Å²) in [6.07, 6.45) is 16.2. The van der Waals surface area contributed by atoms with Crippen molar-refractivity contribution in [3.8, 4) is 0 Å². The number of carboxylic acids is 1. The zero-order chi connectivity index (χ0) is 24.9. The van der Waals surface area contributed by atoms with E-state index in [9.17, 15) is 14.7 Å². The molecule has 5 saturated carbocycles. The molecule has 0 unspecified atom stereocenters. The molecule has 0 saturated heterocycles. The minimum Gasteiger partial charge on any atom is -0.478 e. The van der Waals surface area contributed by atoms with Crippen molar-refractivity contribution in [2.24, 2.45) is 23.2 Å². The van der Waals surface area contributed by atoms with Crippen LogP contribution in [0.1, 0.15) is 115 Å². The number of nitrogens with zero attached hydrogens (tertiary/aromatic N) is 1. The normalized spacial score (nSPS) is 29.4. The zero-order valence-electron chi connectivity index (χ0n) is 21.0. The first-order valence-electron chi connectivity index (χ1n) is 13.9. The summed E-state index contributed by atoms with van der Waals surface area (Å²) in [6, 6.07) is 4.38. The lowest BCUT2D eigenvalue weighted by molar-refractivity contribution is -0.0570. The summed E-state index contributed by atoms with van der Waals surface area (Å²) >= 11 is 0. The van der Waals surface area contributed by atoms with Gasteiger partial charge < -0.3 is 21.1 Å². The van der Waals surface area contributed by atoms with E-state index < -0.39 is 5.97 Å². The molecule has 5 aliphatic carbocycles. The second kappa shape index (κ2) is 9.24. The topological polar surface area (TPSA) is 121 Å². The van der Waals surface area contributed by atoms with Gasteiger partial charge in [0.25, 0.3) is 5.91 Å². The second-order valence-corrected chi connectivity index (χ2v) is 12.3. The number of hydrogen-bond donors (Lipinski definition) is 4. The van der Waals surface area contributed by atoms with Gasteiger partial charge in [0.15, 0.2) is 0 Å². The molecule has 1 amide bonds. The summed E-state index contributed by atoms with van der Waals surface area (Å²) in [7, 11) is 0. The highest BCUT2D eigenvalue weighted by atomic mass is 16.4. The maximum atomic E-state index is 13.5. The molecule has 0 spiro atoms. The van der Waals surface area contributed by atoms with Crippen molar-refractivity contribution in [1.29, 1.82) is 0 Å². The third kappa shape index (κ3) is 4.53. The Hall–Kier alpha value is -2.83. The number of carbonyl (C=O) groups is 2. The highest BCUT2D eigenvalue weighted by Gasteiger charge is 2.50. The van der Waals surface area contributed by atoms with Gasteiger partial charge in [-0.2, -0.15) is 0 Å². The van der Waals surface area contributed by atoms with Crippen molar-refractivity contribution < 1.29 is 14.7 Å². The van der Waals surface area contributed by atoms with Crippen LogP contribution in [-0.2, 0) is 6.42 Å². The molecule has 5 aliphatic rings. The van der Waals surface area contributed by atoms with Gasteiger partial charge >= 0.3 is 5.97 Å². The number of carbonyl (C=O) groups excluding carboxylic acids is 1. The molecule has 1 aromatic carbocycles. The fourth-order valence-corrected chi connectivity index (χ4v) is 8.33. The Morgan fingerprint density at radius 2 is 1.72 bits per heavy atom. The minimum atomic E-state index is -1.05. The van der Waals surface area contributed by atoms with Crippen LogP contribution in [0.25, 0.3) is 0 Å². The van der Waals surface area contributed by atoms with E-state index in [1.54, 1.807) is 0 Å². The Morgan fingerprint density at radius 1 is 1.06 bits per heavy atom. The summed E-state index contributed by atoms with van der Waals surface area (Å²) in [6.45, 7) is 0. The number of nitrogens with one attached hydrogen (secondary N) is 2. The molecule has 1 heterocycles. The number of nitrogen functional groups attached to an aromatic ring is 1. The van der Waals surface area contributed by atoms with Gasteiger partial charge in [-0.1, -0.05) is 19.3 Å². The van der Waals surface area contributed by atoms with E-state index in [2.05, 4.69) is 10.3 Å². The van der Waals surface area contributed by atoms with Crippen LogP contribution in [0.2, 0.25) is 0 Å². The van der Waals surface area contributed by atoms with Gasteiger partial charge in [0, 0.05) is 11.6 Å². The second-order valence-electron chi connectivity index (χ2n) is 12.3. The minimum absolute atomic E-state index is 0.0893. The van der Waals surface area contributed by atoms with Crippen molar-refractivity contribution in [2.75, 3.05) is 11.1 Å². The van der Waals surface area contributed by atoms with E-state index in [0.717, 1.165) is 55.0 Å². The number of imidazole rings is 1. The average Bonchev–Trinajstić information content (AvgIpc) is 3.28. The predicted molar refractivity (Wildman–Crippen MR) is 139 cm³/mol. The van der Waals surface area contributed by atoms with E-state index in [4.69, 9.17) is 10.7 Å². The standard InChI is InChI=1S/C29H38N4O3/c30-22-7-6-21(28(35)36)13-24(22)32-27(34)25-23(31-26(33-25)20-4-2-1-3-5-20)8-9-29-14-17-10-18(15-29)12-19(11-17)16-29/h6-7,13,17-20H,1-5,8-12,14-16,30H2,(H,31,33)(H,32,34)(H,35,36). The Kier molecular flexibility index (Phi) is 6.05. The first kappa shape index (κ1) is 23.6. The van der Waals surface area contributed by atoms with Gasteiger partial charge in [0.2, 0.25) is 0 Å². The Morgan fingerprint density at radius 3 is 2.36 bits per heavy atom. The van der Waals surface area contributed by atoms with Gasteiger partial charge in [0.1, 0.15) is 11.5 Å². The van der Waals surface area contributed by atoms with Gasteiger partial charge in [-0.25, -0.2) is 9.78 Å². The fraction of sp³-hybridized carbons (Fsp3) is 0.621. The summed E-state index contributed by atoms with van der Waals surface area (Å²) in [4.78, 5) is 33.4. The maximum absolute atomic E-state index is 13.5. The third-order valence-electron chi connectivity index (χ3n) is 9.62. The highest BCUT2D eigenvalue weighted by molar-refractivity contribution is 6.06. The van der Waals surface area contributed by atoms with Gasteiger partial charge in [0.05, 0.1) is 16.9 Å². The molecule has 36 heavy (non-hydrogen) atoms. The Bertz CT molecular complexity index is 1130. The first-order valence-corrected chi connectivity index (χ1v) is 13.9. The van der Waals surface area contributed by atoms with Crippen LogP contribution < -0.4 is 11.1 Å². The van der Waals surface area contributed by atoms with E-state index in [1.807, 2.05) is 0 Å². The molecule has 4 bridgehead atoms. The molecule has 0 aliphatic heterocycles. The molecule has 0 radical (unpaired) electrons. The molecule has 1 aromatic heterocycles. The third-order valence-corrected chi connectivity index (χ3v) is 9.62. The first-order chi connectivity index (χ1) is 17.4. The lowest BCUT2D eigenvalue weighted by Crippen LogP contribution is -2.46. The fourth-order valence-electron chi connectivity index (χ4n) is 8.33. The van der Waals surface area contributed by atoms with Crippen LogP contribution in [0.5, 0.6) is 0 Å². The zero-order valence-corrected chi connectivity index (χ0v) is 21.0. The highest BCUT2D eigenvalue weighted by Crippen LogP contribution is 2.61. The van der Waals surface area contributed by atoms with Crippen LogP contribution in [0.15, 0.2) is 18.2 Å². The number of hydrogen-bond acceptors (Lipinski definition) is 4.